The maximum Gasteiger partial charge on any atom is 0.307 e. The number of likely N-dealkylation sites (N-methyl/N-ethyl adjacent to an activating group) is 2. The molecule has 0 spiro atoms. The Hall–Kier alpha value is -3.88. The number of nitrogens with zero attached hydrogens (tertiary/aromatic N) is 4. The van der Waals surface area contributed by atoms with Gasteiger partial charge in [-0.2, -0.15) is 0 Å². The fourth-order valence-corrected chi connectivity index (χ4v) is 7.16. The highest BCUT2D eigenvalue weighted by molar-refractivity contribution is 7.09. The summed E-state index contributed by atoms with van der Waals surface area (Å²) in [5.74, 6) is -3.33. The summed E-state index contributed by atoms with van der Waals surface area (Å²) in [7, 11) is 3.65. The summed E-state index contributed by atoms with van der Waals surface area (Å²) in [6.07, 6.45) is 2.81. The number of ether oxygens (including phenoxy) is 1. The van der Waals surface area contributed by atoms with Gasteiger partial charge in [0.1, 0.15) is 16.7 Å². The van der Waals surface area contributed by atoms with Crippen molar-refractivity contribution in [2.75, 3.05) is 27.2 Å². The monoisotopic (exact) mass is 728 g/mol. The normalized spacial score (nSPS) is 18.0. The lowest BCUT2D eigenvalue weighted by Crippen LogP contribution is -2.58. The van der Waals surface area contributed by atoms with Crippen molar-refractivity contribution < 1.29 is 33.8 Å². The van der Waals surface area contributed by atoms with Crippen LogP contribution in [-0.2, 0) is 30.5 Å². The Labute approximate surface area is 306 Å². The zero-order valence-electron chi connectivity index (χ0n) is 31.3. The van der Waals surface area contributed by atoms with E-state index < -0.39 is 42.0 Å². The minimum Gasteiger partial charge on any atom is -0.481 e. The minimum atomic E-state index is -0.986. The van der Waals surface area contributed by atoms with Gasteiger partial charge in [-0.05, 0) is 43.8 Å². The predicted molar refractivity (Wildman–Crippen MR) is 195 cm³/mol. The molecule has 0 saturated carbocycles. The molecule has 5 unspecified atom stereocenters. The Bertz CT molecular complexity index is 1470. The van der Waals surface area contributed by atoms with Crippen LogP contribution >= 0.6 is 11.3 Å². The quantitative estimate of drug-likeness (QED) is 0.147. The molecule has 1 aliphatic rings. The second-order valence-corrected chi connectivity index (χ2v) is 15.0. The third kappa shape index (κ3) is 12.1. The molecule has 1 aromatic carbocycles. The van der Waals surface area contributed by atoms with Crippen LogP contribution in [-0.4, -0.2) is 99.9 Å². The van der Waals surface area contributed by atoms with Crippen LogP contribution in [0.2, 0.25) is 0 Å². The number of carbonyl (C=O) groups is 5. The van der Waals surface area contributed by atoms with E-state index in [-0.39, 0.29) is 54.9 Å². The van der Waals surface area contributed by atoms with Crippen LogP contribution in [0.5, 0.6) is 0 Å². The molecule has 0 aliphatic carbocycles. The third-order valence-electron chi connectivity index (χ3n) is 9.65. The van der Waals surface area contributed by atoms with Gasteiger partial charge in [0.25, 0.3) is 5.91 Å². The van der Waals surface area contributed by atoms with Crippen LogP contribution in [0.25, 0.3) is 0 Å². The second-order valence-electron chi connectivity index (χ2n) is 14.1. The first-order valence-corrected chi connectivity index (χ1v) is 18.7. The molecule has 3 amide bonds. The highest BCUT2D eigenvalue weighted by Gasteiger charge is 2.37. The Morgan fingerprint density at radius 1 is 1.10 bits per heavy atom. The molecule has 2 aromatic rings. The molecule has 51 heavy (non-hydrogen) atoms. The fourth-order valence-electron chi connectivity index (χ4n) is 6.32. The van der Waals surface area contributed by atoms with Crippen molar-refractivity contribution in [1.29, 1.82) is 0 Å². The number of benzene rings is 1. The molecule has 3 N–H and O–H groups in total. The minimum absolute atomic E-state index is 0.0553. The van der Waals surface area contributed by atoms with Gasteiger partial charge in [0.05, 0.1) is 12.0 Å². The molecule has 1 aliphatic heterocycles. The zero-order chi connectivity index (χ0) is 37.8. The number of hydrazine groups is 1. The van der Waals surface area contributed by atoms with Crippen molar-refractivity contribution in [1.82, 2.24) is 30.5 Å². The highest BCUT2D eigenvalue weighted by atomic mass is 32.1. The summed E-state index contributed by atoms with van der Waals surface area (Å²) in [4.78, 5) is 73.2. The average Bonchev–Trinajstić information content (AvgIpc) is 3.59. The van der Waals surface area contributed by atoms with Crippen molar-refractivity contribution in [2.45, 2.75) is 104 Å². The molecule has 14 heteroatoms. The van der Waals surface area contributed by atoms with Gasteiger partial charge >= 0.3 is 11.9 Å². The van der Waals surface area contributed by atoms with Crippen molar-refractivity contribution in [3.63, 3.8) is 0 Å². The summed E-state index contributed by atoms with van der Waals surface area (Å²) in [6, 6.07) is 7.97. The van der Waals surface area contributed by atoms with E-state index in [2.05, 4.69) is 15.7 Å². The number of esters is 1. The number of carboxylic acid groups (broad SMARTS) is 1. The van der Waals surface area contributed by atoms with E-state index in [4.69, 9.17) is 4.74 Å². The molecular weight excluding hydrogens is 673 g/mol. The number of thiazole rings is 1. The SMILES string of the molecule is CCC(C)C(NC(=O)[C@H]1CCCCN1C)C(=O)N(C)C(CC(OC(C)=O)c1nc(C(=O)NN(Cc2ccccc2)CC(C)C(=O)O)cs1)C(C)C. The molecule has 6 atom stereocenters. The number of aliphatic carboxylic acids is 1. The van der Waals surface area contributed by atoms with Crippen LogP contribution < -0.4 is 10.7 Å². The molecular formula is C37H56N6O7S. The molecule has 1 fully saturated rings. The Kier molecular flexibility index (Phi) is 16.0. The van der Waals surface area contributed by atoms with E-state index in [1.165, 1.54) is 6.92 Å². The number of aromatic nitrogens is 1. The van der Waals surface area contributed by atoms with Crippen molar-refractivity contribution in [3.05, 3.63) is 52.0 Å². The number of carbonyl (C=O) groups excluding carboxylic acids is 4. The van der Waals surface area contributed by atoms with Gasteiger partial charge in [-0.3, -0.25) is 34.3 Å². The van der Waals surface area contributed by atoms with E-state index in [0.29, 0.717) is 11.4 Å². The lowest BCUT2D eigenvalue weighted by molar-refractivity contribution is -0.149. The smallest absolute Gasteiger partial charge is 0.307 e. The van der Waals surface area contributed by atoms with Crippen molar-refractivity contribution >= 4 is 41.0 Å². The van der Waals surface area contributed by atoms with Gasteiger partial charge in [0, 0.05) is 44.9 Å². The van der Waals surface area contributed by atoms with Gasteiger partial charge in [-0.25, -0.2) is 9.99 Å². The zero-order valence-corrected chi connectivity index (χ0v) is 32.1. The Balaban J connectivity index is 1.81. The number of likely N-dealkylation sites (tertiary alicyclic amines) is 1. The summed E-state index contributed by atoms with van der Waals surface area (Å²) >= 11 is 1.16. The van der Waals surface area contributed by atoms with Gasteiger partial charge < -0.3 is 20.1 Å². The molecule has 0 radical (unpaired) electrons. The van der Waals surface area contributed by atoms with E-state index in [1.54, 1.807) is 29.3 Å². The standard InChI is InChI=1S/C37H56N6O7S/c1-9-24(4)32(39-34(46)29-17-13-14-18-41(29)7)36(47)42(8)30(23(2)3)19-31(50-26(6)44)35-38-28(22-51-35)33(45)40-43(20-25(5)37(48)49)21-27-15-11-10-12-16-27/h10-12,15-16,22-25,29-32H,9,13-14,17-21H2,1-8H3,(H,39,46)(H,40,45)(H,48,49)/t24?,25?,29-,30?,31?,32?/m1/s1. The van der Waals surface area contributed by atoms with E-state index >= 15 is 0 Å². The number of piperidine rings is 1. The third-order valence-corrected chi connectivity index (χ3v) is 10.6. The largest absolute Gasteiger partial charge is 0.481 e. The van der Waals surface area contributed by atoms with Gasteiger partial charge in [-0.1, -0.05) is 77.8 Å². The Morgan fingerprint density at radius 2 is 1.78 bits per heavy atom. The van der Waals surface area contributed by atoms with Crippen LogP contribution in [0.4, 0.5) is 0 Å². The first-order chi connectivity index (χ1) is 24.1. The number of hydrogen-bond acceptors (Lipinski definition) is 10. The number of rotatable bonds is 18. The van der Waals surface area contributed by atoms with E-state index in [1.807, 2.05) is 70.0 Å². The molecule has 0 bridgehead atoms. The summed E-state index contributed by atoms with van der Waals surface area (Å²) in [5.41, 5.74) is 3.78. The predicted octanol–water partition coefficient (Wildman–Crippen LogP) is 4.50. The van der Waals surface area contributed by atoms with Crippen LogP contribution in [0.1, 0.15) is 101 Å². The highest BCUT2D eigenvalue weighted by Crippen LogP contribution is 2.31. The van der Waals surface area contributed by atoms with Gasteiger partial charge in [0.15, 0.2) is 6.10 Å². The molecule has 3 rings (SSSR count). The van der Waals surface area contributed by atoms with E-state index in [9.17, 15) is 29.1 Å². The topological polar surface area (TPSA) is 161 Å². The lowest BCUT2D eigenvalue weighted by atomic mass is 9.92. The van der Waals surface area contributed by atoms with Crippen molar-refractivity contribution in [3.8, 4) is 0 Å². The second kappa shape index (κ2) is 19.7. The number of nitrogens with one attached hydrogen (secondary N) is 2. The van der Waals surface area contributed by atoms with Crippen LogP contribution in [0, 0.1) is 17.8 Å². The fraction of sp³-hybridized carbons (Fsp3) is 0.622. The lowest BCUT2D eigenvalue weighted by Gasteiger charge is -2.38. The molecule has 1 saturated heterocycles. The van der Waals surface area contributed by atoms with Crippen molar-refractivity contribution in [2.24, 2.45) is 17.8 Å². The molecule has 13 nitrogen and oxygen atoms in total. The van der Waals surface area contributed by atoms with Crippen LogP contribution in [0.15, 0.2) is 35.7 Å². The van der Waals surface area contributed by atoms with Gasteiger partial charge in [0.2, 0.25) is 11.8 Å². The molecule has 282 valence electrons. The number of carboxylic acids is 1. The summed E-state index contributed by atoms with van der Waals surface area (Å²) < 4.78 is 5.75. The Morgan fingerprint density at radius 3 is 2.37 bits per heavy atom. The van der Waals surface area contributed by atoms with Crippen LogP contribution in [0.3, 0.4) is 0 Å². The van der Waals surface area contributed by atoms with E-state index in [0.717, 1.165) is 42.7 Å². The number of amides is 3. The first-order valence-electron chi connectivity index (χ1n) is 17.8. The maximum atomic E-state index is 14.2. The summed E-state index contributed by atoms with van der Waals surface area (Å²) in [5, 5.41) is 16.1. The molecule has 2 heterocycles. The van der Waals surface area contributed by atoms with Gasteiger partial charge in [-0.15, -0.1) is 11.3 Å². The number of hydrogen-bond donors (Lipinski definition) is 3. The average molecular weight is 729 g/mol. The summed E-state index contributed by atoms with van der Waals surface area (Å²) in [6.45, 7) is 12.0. The first kappa shape index (κ1) is 41.5. The maximum absolute atomic E-state index is 14.2. The molecule has 1 aromatic heterocycles.